The first-order chi connectivity index (χ1) is 5.24. The first-order valence-corrected chi connectivity index (χ1v) is 3.00. The Morgan fingerprint density at radius 1 is 1.45 bits per heavy atom. The topological polar surface area (TPSA) is 70.4 Å². The van der Waals surface area contributed by atoms with Crippen molar-refractivity contribution in [2.24, 2.45) is 0 Å². The Kier molecular flexibility index (Phi) is 2.30. The molecule has 2 N–H and O–H groups in total. The van der Waals surface area contributed by atoms with Crippen LogP contribution >= 0.6 is 0 Å². The first kappa shape index (κ1) is 7.84. The average Bonchev–Trinajstić information content (AvgIpc) is 2.05. The van der Waals surface area contributed by atoms with E-state index in [-0.39, 0.29) is 5.56 Å². The minimum atomic E-state index is -1.57. The van der Waals surface area contributed by atoms with Crippen LogP contribution < -0.4 is 0 Å². The number of rotatable bonds is 2. The molecule has 1 aromatic rings. The molecule has 0 atom stereocenters. The second-order valence-corrected chi connectivity index (χ2v) is 2.04. The predicted octanol–water partition coefficient (Wildman–Crippen LogP) is -0.123. The molecule has 1 rings (SSSR count). The molecule has 1 aromatic heterocycles. The molecule has 0 fully saturated rings. The number of aromatic nitrogens is 1. The van der Waals surface area contributed by atoms with E-state index < -0.39 is 6.29 Å². The maximum atomic E-state index is 10.2. The Balaban J connectivity index is 3.00. The molecule has 0 aliphatic carbocycles. The predicted molar refractivity (Wildman–Crippen MR) is 36.8 cm³/mol. The summed E-state index contributed by atoms with van der Waals surface area (Å²) in [7, 11) is 0. The van der Waals surface area contributed by atoms with Crippen LogP contribution in [0.5, 0.6) is 0 Å². The normalized spacial score (nSPS) is 10.1. The summed E-state index contributed by atoms with van der Waals surface area (Å²) in [6.45, 7) is 0. The molecule has 1 heterocycles. The van der Waals surface area contributed by atoms with E-state index in [2.05, 4.69) is 4.98 Å². The van der Waals surface area contributed by atoms with Crippen molar-refractivity contribution in [3.8, 4) is 0 Å². The summed E-state index contributed by atoms with van der Waals surface area (Å²) in [5.74, 6) is 0. The maximum absolute atomic E-state index is 10.2. The van der Waals surface area contributed by atoms with Crippen molar-refractivity contribution in [3.05, 3.63) is 29.6 Å². The molecule has 0 bridgehead atoms. The van der Waals surface area contributed by atoms with Crippen molar-refractivity contribution in [1.29, 1.82) is 0 Å². The van der Waals surface area contributed by atoms with Gasteiger partial charge in [-0.15, -0.1) is 0 Å². The molecule has 4 nitrogen and oxygen atoms in total. The molecule has 4 heteroatoms. The van der Waals surface area contributed by atoms with Crippen molar-refractivity contribution < 1.29 is 15.0 Å². The molecule has 0 aliphatic rings. The van der Waals surface area contributed by atoms with Crippen LogP contribution in [0.1, 0.15) is 22.2 Å². The van der Waals surface area contributed by atoms with E-state index in [1.165, 1.54) is 18.5 Å². The quantitative estimate of drug-likeness (QED) is 0.459. The van der Waals surface area contributed by atoms with Gasteiger partial charge in [0.2, 0.25) is 0 Å². The number of carbonyl (C=O) groups excluding carboxylic acids is 1. The van der Waals surface area contributed by atoms with Crippen LogP contribution in [0.4, 0.5) is 0 Å². The lowest BCUT2D eigenvalue weighted by atomic mass is 10.2. The summed E-state index contributed by atoms with van der Waals surface area (Å²) in [5, 5.41) is 17.3. The highest BCUT2D eigenvalue weighted by atomic mass is 16.5. The van der Waals surface area contributed by atoms with Crippen LogP contribution in [0.15, 0.2) is 18.5 Å². The van der Waals surface area contributed by atoms with Gasteiger partial charge < -0.3 is 10.2 Å². The molecule has 0 spiro atoms. The summed E-state index contributed by atoms with van der Waals surface area (Å²) in [6, 6.07) is 1.37. The van der Waals surface area contributed by atoms with Gasteiger partial charge in [-0.2, -0.15) is 0 Å². The summed E-state index contributed by atoms with van der Waals surface area (Å²) < 4.78 is 0. The Bertz CT molecular complexity index is 260. The third-order valence-corrected chi connectivity index (χ3v) is 1.21. The van der Waals surface area contributed by atoms with E-state index in [0.717, 1.165) is 0 Å². The molecular formula is C7H7NO3. The van der Waals surface area contributed by atoms with Crippen LogP contribution in [-0.4, -0.2) is 21.5 Å². The smallest absolute Gasteiger partial charge is 0.179 e. The average molecular weight is 153 g/mol. The Labute approximate surface area is 63.1 Å². The van der Waals surface area contributed by atoms with Crippen LogP contribution in [0, 0.1) is 0 Å². The van der Waals surface area contributed by atoms with Crippen LogP contribution in [0.3, 0.4) is 0 Å². The van der Waals surface area contributed by atoms with E-state index in [4.69, 9.17) is 10.2 Å². The second-order valence-electron chi connectivity index (χ2n) is 2.04. The highest BCUT2D eigenvalue weighted by Gasteiger charge is 2.02. The van der Waals surface area contributed by atoms with Gasteiger partial charge in [0.15, 0.2) is 12.6 Å². The largest absolute Gasteiger partial charge is 0.364 e. The number of nitrogens with zero attached hydrogens (tertiary/aromatic N) is 1. The maximum Gasteiger partial charge on any atom is 0.179 e. The van der Waals surface area contributed by atoms with Crippen LogP contribution in [0.2, 0.25) is 0 Å². The molecule has 11 heavy (non-hydrogen) atoms. The van der Waals surface area contributed by atoms with Crippen molar-refractivity contribution in [3.63, 3.8) is 0 Å². The molecule has 0 aromatic carbocycles. The van der Waals surface area contributed by atoms with Gasteiger partial charge in [-0.3, -0.25) is 9.78 Å². The molecule has 0 saturated carbocycles. The fourth-order valence-electron chi connectivity index (χ4n) is 0.682. The number of pyridine rings is 1. The van der Waals surface area contributed by atoms with Crippen LogP contribution in [0.25, 0.3) is 0 Å². The van der Waals surface area contributed by atoms with Gasteiger partial charge in [-0.25, -0.2) is 0 Å². The number of hydrogen-bond donors (Lipinski definition) is 2. The van der Waals surface area contributed by atoms with Crippen molar-refractivity contribution in [1.82, 2.24) is 4.98 Å². The minimum Gasteiger partial charge on any atom is -0.364 e. The lowest BCUT2D eigenvalue weighted by molar-refractivity contribution is -0.0427. The Hall–Kier alpha value is -1.26. The fourth-order valence-corrected chi connectivity index (χ4v) is 0.682. The second kappa shape index (κ2) is 3.23. The van der Waals surface area contributed by atoms with Gasteiger partial charge in [0.05, 0.1) is 0 Å². The lowest BCUT2D eigenvalue weighted by Gasteiger charge is -2.01. The van der Waals surface area contributed by atoms with Crippen molar-refractivity contribution >= 4 is 6.29 Å². The lowest BCUT2D eigenvalue weighted by Crippen LogP contribution is -1.96. The summed E-state index contributed by atoms with van der Waals surface area (Å²) in [6.07, 6.45) is 1.66. The number of carbonyl (C=O) groups is 1. The minimum absolute atomic E-state index is 0.217. The summed E-state index contributed by atoms with van der Waals surface area (Å²) >= 11 is 0. The van der Waals surface area contributed by atoms with E-state index in [1.807, 2.05) is 0 Å². The van der Waals surface area contributed by atoms with Crippen LogP contribution in [-0.2, 0) is 0 Å². The molecule has 0 unspecified atom stereocenters. The van der Waals surface area contributed by atoms with E-state index in [1.54, 1.807) is 0 Å². The molecule has 0 amide bonds. The summed E-state index contributed by atoms with van der Waals surface area (Å²) in [4.78, 5) is 13.8. The number of aliphatic hydroxyl groups is 2. The standard InChI is InChI=1S/C7H7NO3/c9-4-5-1-6(7(10)11)3-8-2-5/h1-4,7,10-11H. The monoisotopic (exact) mass is 153 g/mol. The van der Waals surface area contributed by atoms with E-state index in [9.17, 15) is 4.79 Å². The fraction of sp³-hybridized carbons (Fsp3) is 0.143. The van der Waals surface area contributed by atoms with E-state index in [0.29, 0.717) is 11.8 Å². The first-order valence-electron chi connectivity index (χ1n) is 3.00. The van der Waals surface area contributed by atoms with Gasteiger partial charge >= 0.3 is 0 Å². The zero-order valence-electron chi connectivity index (χ0n) is 5.64. The van der Waals surface area contributed by atoms with Crippen molar-refractivity contribution in [2.45, 2.75) is 6.29 Å². The Morgan fingerprint density at radius 2 is 2.18 bits per heavy atom. The van der Waals surface area contributed by atoms with Crippen molar-refractivity contribution in [2.75, 3.05) is 0 Å². The molecule has 58 valence electrons. The number of aldehydes is 1. The highest BCUT2D eigenvalue weighted by molar-refractivity contribution is 5.74. The highest BCUT2D eigenvalue weighted by Crippen LogP contribution is 2.08. The SMILES string of the molecule is O=Cc1cncc(C(O)O)c1. The van der Waals surface area contributed by atoms with E-state index >= 15 is 0 Å². The zero-order chi connectivity index (χ0) is 8.27. The third kappa shape index (κ3) is 1.83. The van der Waals surface area contributed by atoms with Gasteiger partial charge in [0.25, 0.3) is 0 Å². The third-order valence-electron chi connectivity index (χ3n) is 1.21. The molecular weight excluding hydrogens is 146 g/mol. The van der Waals surface area contributed by atoms with Gasteiger partial charge in [0.1, 0.15) is 0 Å². The molecule has 0 aliphatic heterocycles. The molecule has 0 radical (unpaired) electrons. The van der Waals surface area contributed by atoms with Gasteiger partial charge in [-0.05, 0) is 6.07 Å². The number of aliphatic hydroxyl groups excluding tert-OH is 1. The molecule has 0 saturated heterocycles. The number of hydrogen-bond acceptors (Lipinski definition) is 4. The van der Waals surface area contributed by atoms with Gasteiger partial charge in [-0.1, -0.05) is 0 Å². The Morgan fingerprint density at radius 3 is 2.73 bits per heavy atom. The summed E-state index contributed by atoms with van der Waals surface area (Å²) in [5.41, 5.74) is 0.546. The van der Waals surface area contributed by atoms with Gasteiger partial charge in [0, 0.05) is 23.5 Å². The zero-order valence-corrected chi connectivity index (χ0v) is 5.64.